The molecule has 0 aliphatic carbocycles. The number of benzene rings is 2. The van der Waals surface area contributed by atoms with Crippen LogP contribution in [0.25, 0.3) is 0 Å². The SMILES string of the molecule is O=C(CN1CCN(C[C@H]2COc3ccccc3O2)CC1)Nc1ccccc1Cl. The van der Waals surface area contributed by atoms with Crippen molar-refractivity contribution in [1.82, 2.24) is 9.80 Å². The van der Waals surface area contributed by atoms with E-state index in [1.165, 1.54) is 0 Å². The Balaban J connectivity index is 1.21. The molecule has 2 aromatic rings. The maximum Gasteiger partial charge on any atom is 0.238 e. The van der Waals surface area contributed by atoms with Crippen molar-refractivity contribution in [3.8, 4) is 11.5 Å². The van der Waals surface area contributed by atoms with E-state index in [0.717, 1.165) is 44.2 Å². The molecule has 0 unspecified atom stereocenters. The average Bonchev–Trinajstić information content (AvgIpc) is 2.71. The minimum Gasteiger partial charge on any atom is -0.486 e. The van der Waals surface area contributed by atoms with E-state index in [1.807, 2.05) is 42.5 Å². The molecule has 0 radical (unpaired) electrons. The third kappa shape index (κ3) is 4.76. The normalized spacial score (nSPS) is 20.0. The molecule has 1 amide bonds. The lowest BCUT2D eigenvalue weighted by Crippen LogP contribution is -2.51. The van der Waals surface area contributed by atoms with Gasteiger partial charge in [-0.3, -0.25) is 14.6 Å². The molecule has 6 nitrogen and oxygen atoms in total. The van der Waals surface area contributed by atoms with Crippen LogP contribution in [-0.4, -0.2) is 67.7 Å². The molecule has 2 aliphatic heterocycles. The van der Waals surface area contributed by atoms with Crippen molar-refractivity contribution in [2.75, 3.05) is 51.2 Å². The molecular weight excluding hydrogens is 378 g/mol. The van der Waals surface area contributed by atoms with Crippen molar-refractivity contribution in [3.05, 3.63) is 53.6 Å². The summed E-state index contributed by atoms with van der Waals surface area (Å²) in [6.45, 7) is 5.27. The number of amides is 1. The van der Waals surface area contributed by atoms with Crippen LogP contribution in [0.4, 0.5) is 5.69 Å². The van der Waals surface area contributed by atoms with Gasteiger partial charge in [-0.2, -0.15) is 0 Å². The second-order valence-electron chi connectivity index (χ2n) is 7.10. The van der Waals surface area contributed by atoms with Crippen LogP contribution in [0.2, 0.25) is 5.02 Å². The summed E-state index contributed by atoms with van der Waals surface area (Å²) >= 11 is 6.10. The number of fused-ring (bicyclic) bond motifs is 1. The van der Waals surface area contributed by atoms with Crippen LogP contribution in [0.15, 0.2) is 48.5 Å². The van der Waals surface area contributed by atoms with Crippen molar-refractivity contribution >= 4 is 23.2 Å². The predicted molar refractivity (Wildman–Crippen MR) is 109 cm³/mol. The molecule has 2 heterocycles. The molecule has 0 bridgehead atoms. The van der Waals surface area contributed by atoms with Gasteiger partial charge in [0.2, 0.25) is 5.91 Å². The summed E-state index contributed by atoms with van der Waals surface area (Å²) in [7, 11) is 0. The monoisotopic (exact) mass is 401 g/mol. The first-order chi connectivity index (χ1) is 13.7. The largest absolute Gasteiger partial charge is 0.486 e. The number of halogens is 1. The van der Waals surface area contributed by atoms with E-state index >= 15 is 0 Å². The highest BCUT2D eigenvalue weighted by Gasteiger charge is 2.26. The molecule has 28 heavy (non-hydrogen) atoms. The van der Waals surface area contributed by atoms with Crippen LogP contribution in [0.1, 0.15) is 0 Å². The molecule has 1 saturated heterocycles. The Kier molecular flexibility index (Phi) is 6.00. The second-order valence-corrected chi connectivity index (χ2v) is 7.51. The molecular formula is C21H24ClN3O3. The number of piperazine rings is 1. The highest BCUT2D eigenvalue weighted by molar-refractivity contribution is 6.33. The lowest BCUT2D eigenvalue weighted by Gasteiger charge is -2.37. The number of hydrogen-bond donors (Lipinski definition) is 1. The zero-order valence-electron chi connectivity index (χ0n) is 15.6. The lowest BCUT2D eigenvalue weighted by molar-refractivity contribution is -0.117. The van der Waals surface area contributed by atoms with Crippen LogP contribution in [0.3, 0.4) is 0 Å². The van der Waals surface area contributed by atoms with Gasteiger partial charge in [0.15, 0.2) is 11.5 Å². The van der Waals surface area contributed by atoms with E-state index < -0.39 is 0 Å². The summed E-state index contributed by atoms with van der Waals surface area (Å²) in [5.74, 6) is 1.59. The number of para-hydroxylation sites is 3. The number of carbonyl (C=O) groups excluding carboxylic acids is 1. The molecule has 2 aromatic carbocycles. The molecule has 4 rings (SSSR count). The predicted octanol–water partition coefficient (Wildman–Crippen LogP) is 2.74. The zero-order chi connectivity index (χ0) is 19.3. The van der Waals surface area contributed by atoms with Crippen molar-refractivity contribution in [2.24, 2.45) is 0 Å². The van der Waals surface area contributed by atoms with Gasteiger partial charge in [-0.05, 0) is 24.3 Å². The van der Waals surface area contributed by atoms with Crippen LogP contribution in [0, 0.1) is 0 Å². The maximum absolute atomic E-state index is 12.3. The first-order valence-electron chi connectivity index (χ1n) is 9.55. The number of carbonyl (C=O) groups is 1. The Bertz CT molecular complexity index is 824. The van der Waals surface area contributed by atoms with Crippen LogP contribution in [-0.2, 0) is 4.79 Å². The van der Waals surface area contributed by atoms with Gasteiger partial charge in [-0.15, -0.1) is 0 Å². The van der Waals surface area contributed by atoms with E-state index in [4.69, 9.17) is 21.1 Å². The van der Waals surface area contributed by atoms with E-state index in [2.05, 4.69) is 15.1 Å². The minimum absolute atomic E-state index is 0.0324. The van der Waals surface area contributed by atoms with Gasteiger partial charge in [-0.25, -0.2) is 0 Å². The Labute approximate surface area is 170 Å². The maximum atomic E-state index is 12.3. The first kappa shape index (κ1) is 19.1. The summed E-state index contributed by atoms with van der Waals surface area (Å²) in [6.07, 6.45) is 0.0324. The number of nitrogens with one attached hydrogen (secondary N) is 1. The Morgan fingerprint density at radius 1 is 1.00 bits per heavy atom. The summed E-state index contributed by atoms with van der Waals surface area (Å²) in [5, 5.41) is 3.43. The Morgan fingerprint density at radius 2 is 1.68 bits per heavy atom. The van der Waals surface area contributed by atoms with Gasteiger partial charge in [0.25, 0.3) is 0 Å². The third-order valence-corrected chi connectivity index (χ3v) is 5.34. The molecule has 1 N–H and O–H groups in total. The molecule has 7 heteroatoms. The van der Waals surface area contributed by atoms with Crippen molar-refractivity contribution in [1.29, 1.82) is 0 Å². The molecule has 0 saturated carbocycles. The topological polar surface area (TPSA) is 54.0 Å². The molecule has 0 spiro atoms. The summed E-state index contributed by atoms with van der Waals surface area (Å²) in [4.78, 5) is 16.8. The second kappa shape index (κ2) is 8.82. The lowest BCUT2D eigenvalue weighted by atomic mass is 10.2. The number of anilines is 1. The first-order valence-corrected chi connectivity index (χ1v) is 9.93. The number of rotatable bonds is 5. The molecule has 148 valence electrons. The van der Waals surface area contributed by atoms with Crippen LogP contribution >= 0.6 is 11.6 Å². The standard InChI is InChI=1S/C21H24ClN3O3/c22-17-5-1-2-6-18(17)23-21(26)14-25-11-9-24(10-12-25)13-16-15-27-19-7-3-4-8-20(19)28-16/h1-8,16H,9-15H2,(H,23,26)/t16-/m0/s1. The van der Waals surface area contributed by atoms with Gasteiger partial charge < -0.3 is 14.8 Å². The van der Waals surface area contributed by atoms with E-state index in [-0.39, 0.29) is 12.0 Å². The third-order valence-electron chi connectivity index (χ3n) is 5.01. The molecule has 2 aliphatic rings. The molecule has 1 fully saturated rings. The van der Waals surface area contributed by atoms with Gasteiger partial charge >= 0.3 is 0 Å². The molecule has 1 atom stereocenters. The zero-order valence-corrected chi connectivity index (χ0v) is 16.4. The highest BCUT2D eigenvalue weighted by Crippen LogP contribution is 2.31. The quantitative estimate of drug-likeness (QED) is 0.834. The fourth-order valence-corrected chi connectivity index (χ4v) is 3.71. The number of ether oxygens (including phenoxy) is 2. The summed E-state index contributed by atoms with van der Waals surface area (Å²) in [5.41, 5.74) is 0.655. The number of hydrogen-bond acceptors (Lipinski definition) is 5. The fraction of sp³-hybridized carbons (Fsp3) is 0.381. The summed E-state index contributed by atoms with van der Waals surface area (Å²) < 4.78 is 11.8. The van der Waals surface area contributed by atoms with E-state index in [1.54, 1.807) is 6.07 Å². The van der Waals surface area contributed by atoms with Gasteiger partial charge in [0.05, 0.1) is 17.3 Å². The van der Waals surface area contributed by atoms with Crippen molar-refractivity contribution in [2.45, 2.75) is 6.10 Å². The summed E-state index contributed by atoms with van der Waals surface area (Å²) in [6, 6.07) is 15.1. The van der Waals surface area contributed by atoms with Gasteiger partial charge in [-0.1, -0.05) is 35.9 Å². The van der Waals surface area contributed by atoms with E-state index in [0.29, 0.717) is 23.9 Å². The van der Waals surface area contributed by atoms with Crippen molar-refractivity contribution in [3.63, 3.8) is 0 Å². The van der Waals surface area contributed by atoms with Gasteiger partial charge in [0.1, 0.15) is 12.7 Å². The smallest absolute Gasteiger partial charge is 0.238 e. The highest BCUT2D eigenvalue weighted by atomic mass is 35.5. The van der Waals surface area contributed by atoms with Crippen LogP contribution in [0.5, 0.6) is 11.5 Å². The van der Waals surface area contributed by atoms with Crippen molar-refractivity contribution < 1.29 is 14.3 Å². The average molecular weight is 402 g/mol. The van der Waals surface area contributed by atoms with E-state index in [9.17, 15) is 4.79 Å². The minimum atomic E-state index is -0.0397. The Morgan fingerprint density at radius 3 is 2.46 bits per heavy atom. The van der Waals surface area contributed by atoms with Crippen LogP contribution < -0.4 is 14.8 Å². The fourth-order valence-electron chi connectivity index (χ4n) is 3.53. The number of nitrogens with zero attached hydrogens (tertiary/aromatic N) is 2. The molecule has 0 aromatic heterocycles. The Hall–Kier alpha value is -2.28. The van der Waals surface area contributed by atoms with Gasteiger partial charge in [0, 0.05) is 32.7 Å².